The molecule has 1 N–H and O–H groups in total. The Balaban J connectivity index is 1.84. The normalized spacial score (nSPS) is 15.6. The fraction of sp³-hybridized carbons (Fsp3) is 0.412. The van der Waals surface area contributed by atoms with Crippen LogP contribution < -0.4 is 9.80 Å². The van der Waals surface area contributed by atoms with E-state index in [2.05, 4.69) is 31.1 Å². The van der Waals surface area contributed by atoms with Crippen LogP contribution in [0.2, 0.25) is 0 Å². The first-order chi connectivity index (χ1) is 13.6. The maximum Gasteiger partial charge on any atom is 0.413 e. The predicted octanol–water partition coefficient (Wildman–Crippen LogP) is 2.98. The third-order valence-corrected chi connectivity index (χ3v) is 5.68. The first-order valence-corrected chi connectivity index (χ1v) is 9.54. The van der Waals surface area contributed by atoms with Gasteiger partial charge in [0.2, 0.25) is 0 Å². The lowest BCUT2D eigenvalue weighted by molar-refractivity contribution is -0.0266. The average molecular weight is 470 g/mol. The molecule has 12 heteroatoms. The number of alkyl halides is 2. The van der Waals surface area contributed by atoms with E-state index >= 15 is 0 Å². The molecule has 0 unspecified atom stereocenters. The molecule has 1 saturated heterocycles. The summed E-state index contributed by atoms with van der Waals surface area (Å²) in [6.07, 6.45) is -1.21. The molecule has 1 fully saturated rings. The summed E-state index contributed by atoms with van der Waals surface area (Å²) in [5, 5.41) is 18.5. The standard InChI is InChI=1S/C17H18BrF2N7O2/c1-9-4-11(24(3)22-9)6-26(16(28)29)13-5-12(25-7-17(19,20)8-25)21-15-14(18)10(2)23-27(13)15/h4-5H,6-8H2,1-3H3,(H,28,29). The molecule has 4 rings (SSSR count). The quantitative estimate of drug-likeness (QED) is 0.631. The number of rotatable bonds is 4. The van der Waals surface area contributed by atoms with Crippen molar-refractivity contribution in [1.82, 2.24) is 24.4 Å². The largest absolute Gasteiger partial charge is 0.465 e. The first-order valence-electron chi connectivity index (χ1n) is 8.74. The molecule has 0 aromatic carbocycles. The minimum atomic E-state index is -2.78. The summed E-state index contributed by atoms with van der Waals surface area (Å²) in [6.45, 7) is 2.64. The molecule has 1 aliphatic heterocycles. The van der Waals surface area contributed by atoms with Gasteiger partial charge in [0.15, 0.2) is 5.65 Å². The Bertz CT molecular complexity index is 1120. The molecule has 3 aromatic rings. The van der Waals surface area contributed by atoms with Crippen LogP contribution >= 0.6 is 15.9 Å². The zero-order chi connectivity index (χ0) is 21.1. The van der Waals surface area contributed by atoms with E-state index in [1.165, 1.54) is 15.5 Å². The van der Waals surface area contributed by atoms with E-state index in [-0.39, 0.29) is 18.2 Å². The van der Waals surface area contributed by atoms with Crippen LogP contribution in [0.5, 0.6) is 0 Å². The van der Waals surface area contributed by atoms with E-state index < -0.39 is 25.1 Å². The summed E-state index contributed by atoms with van der Waals surface area (Å²) in [5.74, 6) is -2.30. The van der Waals surface area contributed by atoms with Gasteiger partial charge in [0.05, 0.1) is 41.2 Å². The number of anilines is 2. The zero-order valence-corrected chi connectivity index (χ0v) is 17.5. The summed E-state index contributed by atoms with van der Waals surface area (Å²) < 4.78 is 30.3. The molecule has 4 heterocycles. The topological polar surface area (TPSA) is 91.8 Å². The van der Waals surface area contributed by atoms with Crippen LogP contribution in [0.1, 0.15) is 17.1 Å². The second kappa shape index (κ2) is 6.65. The Hall–Kier alpha value is -2.76. The maximum atomic E-state index is 13.4. The highest BCUT2D eigenvalue weighted by Crippen LogP contribution is 2.35. The number of amides is 1. The van der Waals surface area contributed by atoms with Gasteiger partial charge in [-0.2, -0.15) is 14.7 Å². The summed E-state index contributed by atoms with van der Waals surface area (Å²) in [6, 6.07) is 3.26. The highest BCUT2D eigenvalue weighted by atomic mass is 79.9. The number of hydrogen-bond donors (Lipinski definition) is 1. The van der Waals surface area contributed by atoms with Gasteiger partial charge in [0.25, 0.3) is 5.92 Å². The Labute approximate surface area is 172 Å². The van der Waals surface area contributed by atoms with Crippen molar-refractivity contribution in [3.63, 3.8) is 0 Å². The average Bonchev–Trinajstić information content (AvgIpc) is 3.08. The van der Waals surface area contributed by atoms with Crippen molar-refractivity contribution in [1.29, 1.82) is 0 Å². The van der Waals surface area contributed by atoms with Crippen molar-refractivity contribution in [2.45, 2.75) is 26.3 Å². The molecule has 3 aromatic heterocycles. The van der Waals surface area contributed by atoms with Gasteiger partial charge < -0.3 is 10.0 Å². The number of aromatic nitrogens is 5. The van der Waals surface area contributed by atoms with Crippen LogP contribution in [0.15, 0.2) is 16.6 Å². The molecule has 9 nitrogen and oxygen atoms in total. The molecule has 29 heavy (non-hydrogen) atoms. The molecule has 1 aliphatic rings. The number of nitrogens with zero attached hydrogens (tertiary/aromatic N) is 7. The van der Waals surface area contributed by atoms with E-state index in [1.54, 1.807) is 24.7 Å². The molecule has 154 valence electrons. The van der Waals surface area contributed by atoms with Crippen LogP contribution in [-0.4, -0.2) is 54.6 Å². The van der Waals surface area contributed by atoms with Gasteiger partial charge in [-0.25, -0.2) is 18.6 Å². The molecule has 0 spiro atoms. The Morgan fingerprint density at radius 3 is 2.55 bits per heavy atom. The summed E-state index contributed by atoms with van der Waals surface area (Å²) in [5.41, 5.74) is 2.40. The van der Waals surface area contributed by atoms with Gasteiger partial charge in [-0.15, -0.1) is 0 Å². The second-order valence-corrected chi connectivity index (χ2v) is 7.88. The van der Waals surface area contributed by atoms with Gasteiger partial charge in [-0.1, -0.05) is 0 Å². The van der Waals surface area contributed by atoms with E-state index in [0.717, 1.165) is 10.6 Å². The zero-order valence-electron chi connectivity index (χ0n) is 15.9. The Morgan fingerprint density at radius 1 is 1.31 bits per heavy atom. The first kappa shape index (κ1) is 19.6. The van der Waals surface area contributed by atoms with Crippen molar-refractivity contribution < 1.29 is 18.7 Å². The van der Waals surface area contributed by atoms with Crippen LogP contribution in [-0.2, 0) is 13.6 Å². The third kappa shape index (κ3) is 3.41. The lowest BCUT2D eigenvalue weighted by Crippen LogP contribution is -2.56. The highest BCUT2D eigenvalue weighted by molar-refractivity contribution is 9.10. The molecule has 0 aliphatic carbocycles. The SMILES string of the molecule is Cc1cc(CN(C(=O)O)c2cc(N3CC(F)(F)C3)nc3c(Br)c(C)nn23)n(C)n1. The van der Waals surface area contributed by atoms with E-state index in [9.17, 15) is 18.7 Å². The lowest BCUT2D eigenvalue weighted by atomic mass is 10.1. The number of fused-ring (bicyclic) bond motifs is 1. The molecular formula is C17H18BrF2N7O2. The fourth-order valence-corrected chi connectivity index (χ4v) is 3.65. The molecule has 0 bridgehead atoms. The number of aryl methyl sites for hydroxylation is 3. The number of hydrogen-bond acceptors (Lipinski definition) is 5. The van der Waals surface area contributed by atoms with Crippen LogP contribution in [0, 0.1) is 13.8 Å². The van der Waals surface area contributed by atoms with Crippen molar-refractivity contribution in [2.24, 2.45) is 7.05 Å². The molecule has 0 atom stereocenters. The van der Waals surface area contributed by atoms with Gasteiger partial charge in [-0.3, -0.25) is 9.58 Å². The van der Waals surface area contributed by atoms with Crippen LogP contribution in [0.4, 0.5) is 25.2 Å². The third-order valence-electron chi connectivity index (χ3n) is 4.76. The number of carboxylic acid groups (broad SMARTS) is 1. The van der Waals surface area contributed by atoms with Crippen LogP contribution in [0.3, 0.4) is 0 Å². The Kier molecular flexibility index (Phi) is 4.48. The maximum absolute atomic E-state index is 13.4. The molecule has 0 saturated carbocycles. The van der Waals surface area contributed by atoms with E-state index in [1.807, 2.05) is 6.92 Å². The monoisotopic (exact) mass is 469 g/mol. The van der Waals surface area contributed by atoms with Gasteiger partial charge in [0, 0.05) is 13.1 Å². The van der Waals surface area contributed by atoms with E-state index in [4.69, 9.17) is 0 Å². The van der Waals surface area contributed by atoms with Gasteiger partial charge in [-0.05, 0) is 35.8 Å². The number of carbonyl (C=O) groups is 1. The number of halogens is 3. The summed E-state index contributed by atoms with van der Waals surface area (Å²) in [4.78, 5) is 19.1. The summed E-state index contributed by atoms with van der Waals surface area (Å²) >= 11 is 3.41. The minimum Gasteiger partial charge on any atom is -0.465 e. The highest BCUT2D eigenvalue weighted by Gasteiger charge is 2.45. The minimum absolute atomic E-state index is 0.0118. The molecular weight excluding hydrogens is 452 g/mol. The van der Waals surface area contributed by atoms with Crippen LogP contribution in [0.25, 0.3) is 5.65 Å². The Morgan fingerprint density at radius 2 is 2.00 bits per heavy atom. The van der Waals surface area contributed by atoms with Gasteiger partial charge in [0.1, 0.15) is 11.6 Å². The van der Waals surface area contributed by atoms with Crippen molar-refractivity contribution >= 4 is 39.3 Å². The lowest BCUT2D eigenvalue weighted by Gasteiger charge is -2.39. The van der Waals surface area contributed by atoms with Gasteiger partial charge >= 0.3 is 6.09 Å². The van der Waals surface area contributed by atoms with Crippen molar-refractivity contribution in [2.75, 3.05) is 22.9 Å². The van der Waals surface area contributed by atoms with Crippen molar-refractivity contribution in [3.8, 4) is 0 Å². The van der Waals surface area contributed by atoms with Crippen molar-refractivity contribution in [3.05, 3.63) is 33.7 Å². The fourth-order valence-electron chi connectivity index (χ4n) is 3.32. The second-order valence-electron chi connectivity index (χ2n) is 7.09. The molecule has 0 radical (unpaired) electrons. The summed E-state index contributed by atoms with van der Waals surface area (Å²) in [7, 11) is 1.73. The van der Waals surface area contributed by atoms with E-state index in [0.29, 0.717) is 21.5 Å². The smallest absolute Gasteiger partial charge is 0.413 e. The predicted molar refractivity (Wildman–Crippen MR) is 105 cm³/mol. The molecule has 1 amide bonds.